The lowest BCUT2D eigenvalue weighted by molar-refractivity contribution is -0.127. The van der Waals surface area contributed by atoms with Crippen LogP contribution in [0.25, 0.3) is 0 Å². The van der Waals surface area contributed by atoms with Crippen LogP contribution >= 0.6 is 0 Å². The van der Waals surface area contributed by atoms with Crippen molar-refractivity contribution in [1.82, 2.24) is 5.32 Å². The Kier molecular flexibility index (Phi) is 1.38. The smallest absolute Gasteiger partial charge is 0.220 e. The molecule has 0 aromatic rings. The maximum atomic E-state index is 11.3. The molecule has 0 radical (unpaired) electrons. The molecule has 3 aliphatic rings. The van der Waals surface area contributed by atoms with Crippen LogP contribution in [0.5, 0.6) is 0 Å². The van der Waals surface area contributed by atoms with Crippen molar-refractivity contribution >= 4 is 5.91 Å². The zero-order valence-electron chi connectivity index (χ0n) is 8.07. The first-order valence-corrected chi connectivity index (χ1v) is 5.58. The van der Waals surface area contributed by atoms with E-state index >= 15 is 0 Å². The largest absolute Gasteiger partial charge is 0.350 e. The minimum Gasteiger partial charge on any atom is -0.350 e. The van der Waals surface area contributed by atoms with E-state index in [0.717, 1.165) is 6.42 Å². The van der Waals surface area contributed by atoms with E-state index in [9.17, 15) is 4.79 Å². The molecule has 1 aliphatic heterocycles. The van der Waals surface area contributed by atoms with Gasteiger partial charge in [-0.15, -0.1) is 0 Å². The number of rotatable bonds is 0. The highest BCUT2D eigenvalue weighted by molar-refractivity contribution is 5.78. The highest BCUT2D eigenvalue weighted by Gasteiger charge is 2.61. The first kappa shape index (κ1) is 7.84. The van der Waals surface area contributed by atoms with Gasteiger partial charge in [-0.3, -0.25) is 4.79 Å². The molecule has 1 saturated heterocycles. The van der Waals surface area contributed by atoms with Crippen molar-refractivity contribution in [3.05, 3.63) is 0 Å². The van der Waals surface area contributed by atoms with Crippen molar-refractivity contribution in [3.63, 3.8) is 0 Å². The maximum Gasteiger partial charge on any atom is 0.220 e. The number of hydrogen-bond acceptors (Lipinski definition) is 1. The van der Waals surface area contributed by atoms with Crippen molar-refractivity contribution in [2.24, 2.45) is 5.41 Å². The third-order valence-electron chi connectivity index (χ3n) is 4.54. The molecule has 3 rings (SSSR count). The molecule has 0 aromatic heterocycles. The topological polar surface area (TPSA) is 29.1 Å². The highest BCUT2D eigenvalue weighted by Crippen LogP contribution is 2.61. The first-order chi connectivity index (χ1) is 6.27. The molecule has 2 aliphatic carbocycles. The zero-order valence-corrected chi connectivity index (χ0v) is 8.07. The molecule has 2 spiro atoms. The van der Waals surface area contributed by atoms with Gasteiger partial charge in [0.15, 0.2) is 0 Å². The average Bonchev–Trinajstić information content (AvgIpc) is 2.74. The van der Waals surface area contributed by atoms with Crippen LogP contribution in [0.4, 0.5) is 0 Å². The van der Waals surface area contributed by atoms with Crippen molar-refractivity contribution < 1.29 is 4.79 Å². The molecule has 0 bridgehead atoms. The van der Waals surface area contributed by atoms with Crippen LogP contribution in [0.15, 0.2) is 0 Å². The summed E-state index contributed by atoms with van der Waals surface area (Å²) in [7, 11) is 0. The van der Waals surface area contributed by atoms with E-state index in [1.807, 2.05) is 0 Å². The lowest BCUT2D eigenvalue weighted by Gasteiger charge is -2.42. The number of fused-ring (bicyclic) bond motifs is 1. The summed E-state index contributed by atoms with van der Waals surface area (Å²) in [6, 6.07) is 0. The Bertz CT molecular complexity index is 249. The fourth-order valence-electron chi connectivity index (χ4n) is 3.61. The molecule has 2 saturated carbocycles. The Hall–Kier alpha value is -0.530. The summed E-state index contributed by atoms with van der Waals surface area (Å²) in [5.74, 6) is 0.301. The maximum absolute atomic E-state index is 11.3. The normalized spacial score (nSPS) is 33.7. The van der Waals surface area contributed by atoms with Gasteiger partial charge in [0.05, 0.1) is 0 Å². The Labute approximate surface area is 79.1 Å². The molecule has 2 heteroatoms. The van der Waals surface area contributed by atoms with Gasteiger partial charge in [-0.05, 0) is 37.5 Å². The van der Waals surface area contributed by atoms with Crippen LogP contribution < -0.4 is 5.32 Å². The fraction of sp³-hybridized carbons (Fsp3) is 0.909. The second-order valence-electron chi connectivity index (χ2n) is 5.12. The summed E-state index contributed by atoms with van der Waals surface area (Å²) in [4.78, 5) is 11.3. The van der Waals surface area contributed by atoms with Crippen LogP contribution in [0.2, 0.25) is 0 Å². The summed E-state index contributed by atoms with van der Waals surface area (Å²) in [5.41, 5.74) is 0.805. The number of hydrogen-bond donors (Lipinski definition) is 1. The molecule has 0 atom stereocenters. The van der Waals surface area contributed by atoms with Gasteiger partial charge in [0, 0.05) is 12.0 Å². The van der Waals surface area contributed by atoms with Crippen molar-refractivity contribution in [2.45, 2.75) is 56.9 Å². The van der Waals surface area contributed by atoms with Crippen LogP contribution in [-0.4, -0.2) is 11.4 Å². The molecular weight excluding hydrogens is 162 g/mol. The van der Waals surface area contributed by atoms with E-state index in [4.69, 9.17) is 0 Å². The Morgan fingerprint density at radius 2 is 1.69 bits per heavy atom. The van der Waals surface area contributed by atoms with Crippen LogP contribution in [0, 0.1) is 5.41 Å². The van der Waals surface area contributed by atoms with E-state index in [1.165, 1.54) is 44.9 Å². The van der Waals surface area contributed by atoms with Crippen LogP contribution in [0.1, 0.15) is 51.4 Å². The predicted octanol–water partition coefficient (Wildman–Crippen LogP) is 1.99. The van der Waals surface area contributed by atoms with E-state index in [0.29, 0.717) is 11.3 Å². The predicted molar refractivity (Wildman–Crippen MR) is 50.2 cm³/mol. The number of carbonyl (C=O) groups is 1. The SMILES string of the molecule is O=C1CCC2(CCCC2)C2(CC2)N1. The van der Waals surface area contributed by atoms with Gasteiger partial charge in [-0.25, -0.2) is 0 Å². The first-order valence-electron chi connectivity index (χ1n) is 5.58. The molecule has 3 fully saturated rings. The number of carbonyl (C=O) groups excluding carboxylic acids is 1. The van der Waals surface area contributed by atoms with Crippen molar-refractivity contribution in [1.29, 1.82) is 0 Å². The number of amides is 1. The summed E-state index contributed by atoms with van der Waals surface area (Å²) in [6.07, 6.45) is 9.95. The van der Waals surface area contributed by atoms with Crippen LogP contribution in [-0.2, 0) is 4.79 Å². The summed E-state index contributed by atoms with van der Waals surface area (Å²) >= 11 is 0. The van der Waals surface area contributed by atoms with Gasteiger partial charge >= 0.3 is 0 Å². The van der Waals surface area contributed by atoms with E-state index in [-0.39, 0.29) is 5.54 Å². The Balaban J connectivity index is 1.90. The lowest BCUT2D eigenvalue weighted by atomic mass is 9.70. The molecule has 2 nitrogen and oxygen atoms in total. The Morgan fingerprint density at radius 3 is 2.31 bits per heavy atom. The van der Waals surface area contributed by atoms with E-state index in [2.05, 4.69) is 5.32 Å². The molecule has 1 heterocycles. The van der Waals surface area contributed by atoms with E-state index < -0.39 is 0 Å². The third kappa shape index (κ3) is 0.918. The third-order valence-corrected chi connectivity index (χ3v) is 4.54. The molecule has 1 amide bonds. The molecule has 13 heavy (non-hydrogen) atoms. The minimum absolute atomic E-state index is 0.277. The monoisotopic (exact) mass is 179 g/mol. The Morgan fingerprint density at radius 1 is 1.00 bits per heavy atom. The van der Waals surface area contributed by atoms with Crippen LogP contribution in [0.3, 0.4) is 0 Å². The zero-order chi connectivity index (χ0) is 8.94. The highest BCUT2D eigenvalue weighted by atomic mass is 16.1. The van der Waals surface area contributed by atoms with Gasteiger partial charge in [0.1, 0.15) is 0 Å². The molecule has 0 aromatic carbocycles. The fourth-order valence-corrected chi connectivity index (χ4v) is 3.61. The molecule has 1 N–H and O–H groups in total. The summed E-state index contributed by atoms with van der Waals surface area (Å²) < 4.78 is 0. The summed E-state index contributed by atoms with van der Waals surface area (Å²) in [6.45, 7) is 0. The molecular formula is C11H17NO. The number of nitrogens with one attached hydrogen (secondary N) is 1. The average molecular weight is 179 g/mol. The second kappa shape index (κ2) is 2.28. The van der Waals surface area contributed by atoms with Gasteiger partial charge < -0.3 is 5.32 Å². The number of piperidine rings is 1. The summed E-state index contributed by atoms with van der Waals surface area (Å²) in [5, 5.41) is 3.26. The van der Waals surface area contributed by atoms with E-state index in [1.54, 1.807) is 0 Å². The molecule has 0 unspecified atom stereocenters. The van der Waals surface area contributed by atoms with Crippen molar-refractivity contribution in [2.75, 3.05) is 0 Å². The van der Waals surface area contributed by atoms with Crippen molar-refractivity contribution in [3.8, 4) is 0 Å². The van der Waals surface area contributed by atoms with Gasteiger partial charge in [0.2, 0.25) is 5.91 Å². The second-order valence-corrected chi connectivity index (χ2v) is 5.12. The standard InChI is InChI=1S/C11H17NO/c13-9-3-6-10(4-1-2-5-10)11(12-9)7-8-11/h1-8H2,(H,12,13). The van der Waals surface area contributed by atoms with Gasteiger partial charge in [-0.2, -0.15) is 0 Å². The lowest BCUT2D eigenvalue weighted by Crippen LogP contribution is -2.53. The quantitative estimate of drug-likeness (QED) is 0.605. The van der Waals surface area contributed by atoms with Gasteiger partial charge in [0.25, 0.3) is 0 Å². The molecule has 72 valence electrons. The van der Waals surface area contributed by atoms with Gasteiger partial charge in [-0.1, -0.05) is 12.8 Å². The minimum atomic E-state index is 0.277.